The number of nitrogens with one attached hydrogen (secondary N) is 2. The van der Waals surface area contributed by atoms with E-state index >= 15 is 0 Å². The Bertz CT molecular complexity index is 900. The molecule has 0 spiro atoms. The summed E-state index contributed by atoms with van der Waals surface area (Å²) >= 11 is 0. The monoisotopic (exact) mass is 363 g/mol. The Hall–Kier alpha value is -3.48. The second kappa shape index (κ2) is 8.75. The molecule has 0 radical (unpaired) electrons. The van der Waals surface area contributed by atoms with E-state index in [9.17, 15) is 4.79 Å². The third-order valence-corrected chi connectivity index (χ3v) is 3.59. The Morgan fingerprint density at radius 2 is 1.85 bits per heavy atom. The van der Waals surface area contributed by atoms with E-state index in [1.807, 2.05) is 44.2 Å². The quantitative estimate of drug-likeness (QED) is 0.668. The number of amides is 1. The third-order valence-electron chi connectivity index (χ3n) is 3.59. The van der Waals surface area contributed by atoms with Gasteiger partial charge in [0, 0.05) is 25.1 Å². The van der Waals surface area contributed by atoms with Crippen LogP contribution < -0.4 is 15.4 Å². The number of carbonyl (C=O) groups excluding carboxylic acids is 1. The molecular formula is C20H21N5O2. The van der Waals surface area contributed by atoms with E-state index in [1.54, 1.807) is 30.7 Å². The lowest BCUT2D eigenvalue weighted by Gasteiger charge is -2.14. The van der Waals surface area contributed by atoms with Gasteiger partial charge in [-0.05, 0) is 49.7 Å². The van der Waals surface area contributed by atoms with Gasteiger partial charge in [0.2, 0.25) is 5.95 Å². The first-order valence-electron chi connectivity index (χ1n) is 8.64. The molecule has 7 heteroatoms. The van der Waals surface area contributed by atoms with Crippen LogP contribution in [-0.4, -0.2) is 27.0 Å². The van der Waals surface area contributed by atoms with Crippen LogP contribution in [0.25, 0.3) is 0 Å². The maximum atomic E-state index is 12.6. The summed E-state index contributed by atoms with van der Waals surface area (Å²) in [6.45, 7) is 4.41. The lowest BCUT2D eigenvalue weighted by molar-refractivity contribution is 0.102. The summed E-state index contributed by atoms with van der Waals surface area (Å²) in [6.07, 6.45) is 5.00. The van der Waals surface area contributed by atoms with Gasteiger partial charge in [0.1, 0.15) is 11.4 Å². The van der Waals surface area contributed by atoms with Crippen LogP contribution in [0.5, 0.6) is 5.75 Å². The molecule has 2 N–H and O–H groups in total. The number of hydrogen-bond acceptors (Lipinski definition) is 6. The molecule has 3 aromatic rings. The van der Waals surface area contributed by atoms with E-state index in [0.717, 1.165) is 5.56 Å². The van der Waals surface area contributed by atoms with Crippen molar-refractivity contribution in [3.8, 4) is 5.75 Å². The van der Waals surface area contributed by atoms with Crippen molar-refractivity contribution in [1.29, 1.82) is 0 Å². The normalized spacial score (nSPS) is 10.5. The molecule has 2 aromatic heterocycles. The van der Waals surface area contributed by atoms with E-state index in [4.69, 9.17) is 4.74 Å². The summed E-state index contributed by atoms with van der Waals surface area (Å²) < 4.78 is 5.73. The fraction of sp³-hybridized carbons (Fsp3) is 0.200. The summed E-state index contributed by atoms with van der Waals surface area (Å²) in [7, 11) is 0. The molecule has 2 heterocycles. The number of nitrogens with zero attached hydrogens (tertiary/aromatic N) is 3. The molecule has 0 fully saturated rings. The van der Waals surface area contributed by atoms with Gasteiger partial charge in [0.05, 0.1) is 11.8 Å². The fourth-order valence-electron chi connectivity index (χ4n) is 2.37. The van der Waals surface area contributed by atoms with Crippen molar-refractivity contribution < 1.29 is 9.53 Å². The Labute approximate surface area is 157 Å². The van der Waals surface area contributed by atoms with Crippen molar-refractivity contribution in [2.24, 2.45) is 0 Å². The molecule has 3 rings (SSSR count). The highest BCUT2D eigenvalue weighted by molar-refractivity contribution is 6.03. The minimum atomic E-state index is -0.329. The van der Waals surface area contributed by atoms with Gasteiger partial charge in [0.25, 0.3) is 5.91 Å². The first-order valence-corrected chi connectivity index (χ1v) is 8.64. The van der Waals surface area contributed by atoms with Crippen LogP contribution in [0.1, 0.15) is 29.9 Å². The minimum Gasteiger partial charge on any atom is -0.489 e. The zero-order valence-electron chi connectivity index (χ0n) is 15.2. The number of para-hydroxylation sites is 2. The zero-order chi connectivity index (χ0) is 19.1. The van der Waals surface area contributed by atoms with Gasteiger partial charge >= 0.3 is 0 Å². The number of rotatable bonds is 7. The van der Waals surface area contributed by atoms with Crippen LogP contribution >= 0.6 is 0 Å². The van der Waals surface area contributed by atoms with Crippen LogP contribution in [0.3, 0.4) is 0 Å². The van der Waals surface area contributed by atoms with Crippen LogP contribution in [0.4, 0.5) is 11.6 Å². The van der Waals surface area contributed by atoms with Crippen LogP contribution in [0, 0.1) is 0 Å². The molecule has 0 unspecified atom stereocenters. The summed E-state index contributed by atoms with van der Waals surface area (Å²) in [5, 5.41) is 5.95. The molecule has 1 aromatic carbocycles. The highest BCUT2D eigenvalue weighted by Gasteiger charge is 2.12. The van der Waals surface area contributed by atoms with Gasteiger partial charge in [-0.1, -0.05) is 12.1 Å². The predicted octanol–water partition coefficient (Wildman–Crippen LogP) is 3.52. The molecule has 0 saturated heterocycles. The van der Waals surface area contributed by atoms with Gasteiger partial charge in [0.15, 0.2) is 0 Å². The molecule has 0 aliphatic rings. The summed E-state index contributed by atoms with van der Waals surface area (Å²) in [5.74, 6) is 0.668. The number of anilines is 2. The minimum absolute atomic E-state index is 0.00564. The zero-order valence-corrected chi connectivity index (χ0v) is 15.2. The number of aromatic nitrogens is 3. The van der Waals surface area contributed by atoms with Crippen molar-refractivity contribution in [2.75, 3.05) is 10.6 Å². The molecule has 0 bridgehead atoms. The van der Waals surface area contributed by atoms with E-state index in [1.165, 1.54) is 0 Å². The topological polar surface area (TPSA) is 89.0 Å². The van der Waals surface area contributed by atoms with Gasteiger partial charge in [-0.15, -0.1) is 0 Å². The molecule has 7 nitrogen and oxygen atoms in total. The van der Waals surface area contributed by atoms with Crippen molar-refractivity contribution in [3.05, 3.63) is 72.3 Å². The van der Waals surface area contributed by atoms with Crippen LogP contribution in [0.15, 0.2) is 61.1 Å². The second-order valence-electron chi connectivity index (χ2n) is 6.09. The molecule has 27 heavy (non-hydrogen) atoms. The summed E-state index contributed by atoms with van der Waals surface area (Å²) in [6, 6.07) is 12.7. The van der Waals surface area contributed by atoms with Crippen molar-refractivity contribution in [1.82, 2.24) is 15.0 Å². The fourth-order valence-corrected chi connectivity index (χ4v) is 2.37. The highest BCUT2D eigenvalue weighted by atomic mass is 16.5. The molecule has 0 saturated carbocycles. The lowest BCUT2D eigenvalue weighted by atomic mass is 10.2. The van der Waals surface area contributed by atoms with Gasteiger partial charge < -0.3 is 15.4 Å². The van der Waals surface area contributed by atoms with Gasteiger partial charge in [-0.3, -0.25) is 9.78 Å². The Morgan fingerprint density at radius 3 is 2.63 bits per heavy atom. The maximum absolute atomic E-state index is 12.6. The van der Waals surface area contributed by atoms with Crippen molar-refractivity contribution >= 4 is 17.5 Å². The first-order chi connectivity index (χ1) is 13.1. The van der Waals surface area contributed by atoms with Crippen LogP contribution in [0.2, 0.25) is 0 Å². The van der Waals surface area contributed by atoms with E-state index in [0.29, 0.717) is 23.9 Å². The second-order valence-corrected chi connectivity index (χ2v) is 6.09. The summed E-state index contributed by atoms with van der Waals surface area (Å²) in [4.78, 5) is 25.0. The van der Waals surface area contributed by atoms with E-state index in [-0.39, 0.29) is 17.7 Å². The number of ether oxygens (including phenoxy) is 1. The SMILES string of the molecule is CC(C)Oc1ccccc1NC(=O)c1ccnc(NCc2ccncc2)n1. The number of benzene rings is 1. The Kier molecular flexibility index (Phi) is 5.94. The van der Waals surface area contributed by atoms with Crippen LogP contribution in [-0.2, 0) is 6.54 Å². The first kappa shape index (κ1) is 18.3. The average molecular weight is 363 g/mol. The van der Waals surface area contributed by atoms with Gasteiger partial charge in [-0.25, -0.2) is 9.97 Å². The van der Waals surface area contributed by atoms with Crippen molar-refractivity contribution in [3.63, 3.8) is 0 Å². The maximum Gasteiger partial charge on any atom is 0.274 e. The lowest BCUT2D eigenvalue weighted by Crippen LogP contribution is -2.17. The van der Waals surface area contributed by atoms with Gasteiger partial charge in [-0.2, -0.15) is 0 Å². The van der Waals surface area contributed by atoms with E-state index in [2.05, 4.69) is 25.6 Å². The summed E-state index contributed by atoms with van der Waals surface area (Å²) in [5.41, 5.74) is 1.91. The van der Waals surface area contributed by atoms with Crippen molar-refractivity contribution in [2.45, 2.75) is 26.5 Å². The predicted molar refractivity (Wildman–Crippen MR) is 104 cm³/mol. The molecule has 138 valence electrons. The molecule has 0 atom stereocenters. The highest BCUT2D eigenvalue weighted by Crippen LogP contribution is 2.25. The molecule has 1 amide bonds. The standard InChI is InChI=1S/C20H21N5O2/c1-14(2)27-18-6-4-3-5-16(18)24-19(26)17-9-12-22-20(25-17)23-13-15-7-10-21-11-8-15/h3-12,14H,13H2,1-2H3,(H,24,26)(H,22,23,25). The third kappa shape index (κ3) is 5.24. The molecule has 0 aliphatic heterocycles. The smallest absolute Gasteiger partial charge is 0.274 e. The Morgan fingerprint density at radius 1 is 1.07 bits per heavy atom. The molecule has 0 aliphatic carbocycles. The Balaban J connectivity index is 1.69. The number of hydrogen-bond donors (Lipinski definition) is 2. The number of carbonyl (C=O) groups is 1. The molecular weight excluding hydrogens is 342 g/mol. The number of pyridine rings is 1. The average Bonchev–Trinajstić information content (AvgIpc) is 2.68. The largest absolute Gasteiger partial charge is 0.489 e. The van der Waals surface area contributed by atoms with E-state index < -0.39 is 0 Å².